The van der Waals surface area contributed by atoms with Crippen LogP contribution < -0.4 is 29.9 Å². The van der Waals surface area contributed by atoms with E-state index in [0.29, 0.717) is 80.9 Å². The van der Waals surface area contributed by atoms with Gasteiger partial charge in [0.2, 0.25) is 22.2 Å². The third kappa shape index (κ3) is 11.5. The Morgan fingerprint density at radius 3 is 1.41 bits per heavy atom. The summed E-state index contributed by atoms with van der Waals surface area (Å²) in [6.07, 6.45) is 0. The molecule has 5 N–H and O–H groups in total. The molecular weight excluding hydrogens is 979 g/mol. The van der Waals surface area contributed by atoms with Gasteiger partial charge in [0.05, 0.1) is 73.8 Å². The van der Waals surface area contributed by atoms with Crippen LogP contribution in [0.3, 0.4) is 0 Å². The summed E-state index contributed by atoms with van der Waals surface area (Å²) in [4.78, 5) is 26.7. The van der Waals surface area contributed by atoms with Gasteiger partial charge in [0.1, 0.15) is 22.9 Å². The zero-order valence-electron chi connectivity index (χ0n) is 37.3. The Labute approximate surface area is 403 Å². The van der Waals surface area contributed by atoms with Gasteiger partial charge in [0, 0.05) is 44.1 Å². The summed E-state index contributed by atoms with van der Waals surface area (Å²) in [7, 11) is -5.78. The van der Waals surface area contributed by atoms with E-state index in [0.717, 1.165) is 34.0 Å². The van der Waals surface area contributed by atoms with Crippen LogP contribution in [0.4, 0.5) is 56.3 Å². The number of thioether (sulfide) groups is 1. The molecular formula is C41H45N13O9S5. The molecule has 0 unspecified atom stereocenters. The molecule has 68 heavy (non-hydrogen) atoms. The van der Waals surface area contributed by atoms with E-state index in [4.69, 9.17) is 14.5 Å². The van der Waals surface area contributed by atoms with Gasteiger partial charge in [-0.2, -0.15) is 31.8 Å². The predicted molar refractivity (Wildman–Crippen MR) is 265 cm³/mol. The number of anilines is 6. The maximum Gasteiger partial charge on any atom is 0.294 e. The number of benzene rings is 4. The molecule has 0 bridgehead atoms. The number of hydrogen-bond acceptors (Lipinski definition) is 23. The summed E-state index contributed by atoms with van der Waals surface area (Å²) in [6.45, 7) is 10.5. The van der Waals surface area contributed by atoms with Crippen LogP contribution in [0.1, 0.15) is 27.7 Å². The number of nitrogens with one attached hydrogen (secondary N) is 2. The molecule has 0 saturated heterocycles. The Morgan fingerprint density at radius 2 is 1.04 bits per heavy atom. The second kappa shape index (κ2) is 21.4. The Kier molecular flexibility index (Phi) is 15.6. The van der Waals surface area contributed by atoms with E-state index in [9.17, 15) is 31.0 Å². The molecule has 0 aliphatic rings. The first-order chi connectivity index (χ1) is 32.6. The van der Waals surface area contributed by atoms with Crippen molar-refractivity contribution in [1.82, 2.24) is 24.9 Å². The lowest BCUT2D eigenvalue weighted by Crippen LogP contribution is -2.22. The molecule has 358 valence electrons. The minimum Gasteiger partial charge on any atom is -0.494 e. The number of fused-ring (bicyclic) bond motifs is 2. The van der Waals surface area contributed by atoms with Gasteiger partial charge in [0.15, 0.2) is 5.16 Å². The first kappa shape index (κ1) is 49.7. The Balaban J connectivity index is 1.31. The smallest absolute Gasteiger partial charge is 0.294 e. The summed E-state index contributed by atoms with van der Waals surface area (Å²) in [5.74, 6) is 1.46. The number of aliphatic hydroxyl groups is 1. The largest absolute Gasteiger partial charge is 0.494 e. The molecule has 3 aromatic heterocycles. The number of thiazole rings is 2. The van der Waals surface area contributed by atoms with Crippen molar-refractivity contribution in [2.24, 2.45) is 20.5 Å². The Bertz CT molecular complexity index is 3040. The van der Waals surface area contributed by atoms with Crippen molar-refractivity contribution in [3.63, 3.8) is 0 Å². The highest BCUT2D eigenvalue weighted by Gasteiger charge is 2.21. The maximum absolute atomic E-state index is 11.8. The molecule has 3 heterocycles. The van der Waals surface area contributed by atoms with Gasteiger partial charge >= 0.3 is 0 Å². The fourth-order valence-corrected chi connectivity index (χ4v) is 10.1. The van der Waals surface area contributed by atoms with E-state index < -0.39 is 20.2 Å². The number of rotatable bonds is 21. The van der Waals surface area contributed by atoms with Gasteiger partial charge in [-0.25, -0.2) is 9.97 Å². The SMILES string of the molecule is CCN(CC)c1cc(Nc2nc(Nc3cc(N(CC)CC)c(OC)cc3N=Nc3nc4ccc(S(=O)(=O)O)cc4s3)nc(SCCO)n2)c(N=Nc2nc3ccc(S(=O)(=O)O)cc3s2)cc1OC. The highest BCUT2D eigenvalue weighted by Crippen LogP contribution is 2.43. The zero-order valence-corrected chi connectivity index (χ0v) is 41.4. The van der Waals surface area contributed by atoms with Gasteiger partial charge < -0.3 is 35.0 Å². The zero-order chi connectivity index (χ0) is 48.8. The van der Waals surface area contributed by atoms with Crippen molar-refractivity contribution in [2.45, 2.75) is 42.6 Å². The third-order valence-corrected chi connectivity index (χ3v) is 14.3. The molecule has 0 spiro atoms. The first-order valence-corrected chi connectivity index (χ1v) is 26.1. The van der Waals surface area contributed by atoms with Crippen LogP contribution in [-0.4, -0.2) is 109 Å². The molecule has 7 rings (SSSR count). The van der Waals surface area contributed by atoms with Crippen molar-refractivity contribution in [3.05, 3.63) is 60.7 Å². The van der Waals surface area contributed by atoms with Crippen LogP contribution in [-0.2, 0) is 20.2 Å². The number of nitrogens with zero attached hydrogens (tertiary/aromatic N) is 11. The molecule has 0 amide bonds. The first-order valence-electron chi connectivity index (χ1n) is 20.6. The number of aromatic nitrogens is 5. The summed E-state index contributed by atoms with van der Waals surface area (Å²) >= 11 is 3.35. The second-order valence-electron chi connectivity index (χ2n) is 14.1. The quantitative estimate of drug-likeness (QED) is 0.0254. The molecule has 0 fully saturated rings. The molecule has 22 nitrogen and oxygen atoms in total. The predicted octanol–water partition coefficient (Wildman–Crippen LogP) is 9.70. The summed E-state index contributed by atoms with van der Waals surface area (Å²) in [6, 6.07) is 15.1. The Hall–Kier alpha value is -6.20. The monoisotopic (exact) mass is 1020 g/mol. The number of aliphatic hydroxyl groups excluding tert-OH is 1. The fourth-order valence-electron chi connectivity index (χ4n) is 6.73. The number of azo groups is 2. The van der Waals surface area contributed by atoms with Crippen LogP contribution in [0.15, 0.2) is 96.1 Å². The van der Waals surface area contributed by atoms with Crippen molar-refractivity contribution >= 4 is 131 Å². The molecule has 7 aromatic rings. The fraction of sp³-hybridized carbons (Fsp3) is 0.293. The van der Waals surface area contributed by atoms with Crippen LogP contribution in [0.2, 0.25) is 0 Å². The Morgan fingerprint density at radius 1 is 0.618 bits per heavy atom. The lowest BCUT2D eigenvalue weighted by Gasteiger charge is -2.25. The number of methoxy groups -OCH3 is 2. The lowest BCUT2D eigenvalue weighted by molar-refractivity contribution is 0.322. The van der Waals surface area contributed by atoms with Crippen LogP contribution in [0.25, 0.3) is 20.4 Å². The summed E-state index contributed by atoms with van der Waals surface area (Å²) in [5, 5.41) is 34.9. The van der Waals surface area contributed by atoms with Gasteiger partial charge in [-0.15, -0.1) is 20.5 Å². The molecule has 0 radical (unpaired) electrons. The van der Waals surface area contributed by atoms with Crippen LogP contribution >= 0.6 is 34.4 Å². The van der Waals surface area contributed by atoms with E-state index in [1.54, 1.807) is 26.4 Å². The van der Waals surface area contributed by atoms with E-state index in [1.807, 2.05) is 39.8 Å². The van der Waals surface area contributed by atoms with Gasteiger partial charge in [-0.05, 0) is 76.2 Å². The minimum absolute atomic E-state index is 0.0900. The summed E-state index contributed by atoms with van der Waals surface area (Å²) < 4.78 is 78.9. The van der Waals surface area contributed by atoms with Gasteiger partial charge in [-0.3, -0.25) is 9.11 Å². The van der Waals surface area contributed by atoms with E-state index in [-0.39, 0.29) is 49.5 Å². The van der Waals surface area contributed by atoms with E-state index >= 15 is 0 Å². The normalized spacial score (nSPS) is 12.1. The van der Waals surface area contributed by atoms with Crippen LogP contribution in [0, 0.1) is 0 Å². The van der Waals surface area contributed by atoms with Gasteiger partial charge in [-0.1, -0.05) is 34.4 Å². The van der Waals surface area contributed by atoms with Gasteiger partial charge in [0.25, 0.3) is 20.2 Å². The highest BCUT2D eigenvalue weighted by molar-refractivity contribution is 7.99. The molecule has 0 atom stereocenters. The topological polar surface area (TPSA) is 292 Å². The lowest BCUT2D eigenvalue weighted by atomic mass is 10.2. The van der Waals surface area contributed by atoms with Crippen molar-refractivity contribution in [2.75, 3.05) is 73.2 Å². The third-order valence-electron chi connectivity index (χ3n) is 10.0. The van der Waals surface area contributed by atoms with Crippen molar-refractivity contribution in [3.8, 4) is 11.5 Å². The van der Waals surface area contributed by atoms with E-state index in [2.05, 4.69) is 60.8 Å². The number of ether oxygens (including phenoxy) is 2. The molecule has 0 saturated carbocycles. The standard InChI is InChI=1S/C41H45N13O9S5/c1-7-53(8-2)31-19-27(29(21-33(31)62-5)49-51-40-44-25-13-11-23(67(56,57)58)17-35(25)65-40)42-37-46-38(48-39(47-37)64-16-15-55)43-28-20-32(54(9-3)10-4)34(63-6)22-30(28)50-52-41-45-26-14-12-24(68(59,60)61)18-36(26)66-41/h11-14,17-22,55H,7-10,15-16H2,1-6H3,(H,56,57,58)(H,59,60,61)(H2,42,43,46,47,48). The molecule has 0 aliphatic carbocycles. The molecule has 27 heteroatoms. The highest BCUT2D eigenvalue weighted by atomic mass is 32.2. The van der Waals surface area contributed by atoms with E-state index in [1.165, 1.54) is 48.2 Å². The molecule has 4 aromatic carbocycles. The second-order valence-corrected chi connectivity index (χ2v) is 20.0. The number of hydrogen-bond donors (Lipinski definition) is 5. The minimum atomic E-state index is -4.44. The average Bonchev–Trinajstić information content (AvgIpc) is 3.93. The molecule has 0 aliphatic heterocycles. The van der Waals surface area contributed by atoms with Crippen molar-refractivity contribution in [1.29, 1.82) is 0 Å². The maximum atomic E-state index is 11.8. The average molecular weight is 1020 g/mol. The van der Waals surface area contributed by atoms with Crippen molar-refractivity contribution < 1.29 is 40.5 Å². The van der Waals surface area contributed by atoms with Crippen LogP contribution in [0.5, 0.6) is 11.5 Å². The summed E-state index contributed by atoms with van der Waals surface area (Å²) in [5.41, 5.74) is 3.85.